The Bertz CT molecular complexity index is 406. The second kappa shape index (κ2) is 7.53. The molecule has 1 aromatic carbocycles. The first-order chi connectivity index (χ1) is 8.70. The zero-order valence-electron chi connectivity index (χ0n) is 10.5. The van der Waals surface area contributed by atoms with Crippen molar-refractivity contribution < 1.29 is 4.92 Å². The molecule has 5 nitrogen and oxygen atoms in total. The molecule has 0 saturated carbocycles. The first kappa shape index (κ1) is 16.0. The summed E-state index contributed by atoms with van der Waals surface area (Å²) in [5.74, 6) is 0.664. The maximum Gasteiger partial charge on any atom is 0.269 e. The Morgan fingerprint density at radius 3 is 2.21 bits per heavy atom. The zero-order valence-corrected chi connectivity index (χ0v) is 12.1. The quantitative estimate of drug-likeness (QED) is 0.487. The van der Waals surface area contributed by atoms with Crippen LogP contribution in [0, 0.1) is 10.1 Å². The van der Waals surface area contributed by atoms with Crippen LogP contribution in [0.3, 0.4) is 0 Å². The Morgan fingerprint density at radius 1 is 1.16 bits per heavy atom. The number of rotatable bonds is 4. The summed E-state index contributed by atoms with van der Waals surface area (Å²) < 4.78 is 0. The Balaban J connectivity index is 0.00000180. The lowest BCUT2D eigenvalue weighted by Crippen LogP contribution is -2.46. The number of anilines is 1. The Kier molecular flexibility index (Phi) is 6.34. The second-order valence-electron chi connectivity index (χ2n) is 4.29. The first-order valence-corrected chi connectivity index (χ1v) is 6.52. The van der Waals surface area contributed by atoms with Crippen LogP contribution in [0.15, 0.2) is 24.3 Å². The summed E-state index contributed by atoms with van der Waals surface area (Å²) in [7, 11) is 0. The first-order valence-electron chi connectivity index (χ1n) is 5.98. The third-order valence-electron chi connectivity index (χ3n) is 3.20. The molecular formula is C12H17Cl2N3O2. The highest BCUT2D eigenvalue weighted by Crippen LogP contribution is 2.20. The van der Waals surface area contributed by atoms with Gasteiger partial charge in [0, 0.05) is 56.4 Å². The van der Waals surface area contributed by atoms with Crippen LogP contribution >= 0.6 is 24.0 Å². The average molecular weight is 306 g/mol. The van der Waals surface area contributed by atoms with Gasteiger partial charge in [0.25, 0.3) is 5.69 Å². The van der Waals surface area contributed by atoms with Gasteiger partial charge in [-0.3, -0.25) is 15.0 Å². The van der Waals surface area contributed by atoms with E-state index in [4.69, 9.17) is 11.6 Å². The second-order valence-corrected chi connectivity index (χ2v) is 4.67. The fourth-order valence-corrected chi connectivity index (χ4v) is 2.37. The zero-order chi connectivity index (χ0) is 13.0. The summed E-state index contributed by atoms with van der Waals surface area (Å²) in [5.41, 5.74) is 1.19. The molecule has 1 aliphatic heterocycles. The highest BCUT2D eigenvalue weighted by Gasteiger charge is 2.17. The smallest absolute Gasteiger partial charge is 0.269 e. The van der Waals surface area contributed by atoms with E-state index in [1.54, 1.807) is 12.1 Å². The molecule has 1 fully saturated rings. The molecule has 1 saturated heterocycles. The molecule has 7 heteroatoms. The maximum atomic E-state index is 10.6. The summed E-state index contributed by atoms with van der Waals surface area (Å²) in [5, 5.41) is 10.6. The van der Waals surface area contributed by atoms with Gasteiger partial charge < -0.3 is 4.90 Å². The lowest BCUT2D eigenvalue weighted by molar-refractivity contribution is -0.384. The van der Waals surface area contributed by atoms with Crippen molar-refractivity contribution in [2.24, 2.45) is 0 Å². The number of benzene rings is 1. The Morgan fingerprint density at radius 2 is 1.74 bits per heavy atom. The summed E-state index contributed by atoms with van der Waals surface area (Å²) in [6.45, 7) is 4.78. The predicted molar refractivity (Wildman–Crippen MR) is 79.7 cm³/mol. The molecular weight excluding hydrogens is 289 g/mol. The van der Waals surface area contributed by atoms with E-state index < -0.39 is 0 Å². The number of hydrogen-bond acceptors (Lipinski definition) is 4. The SMILES string of the molecule is Cl.O=[N+]([O-])c1ccc(N2CCN(CCCl)CC2)cc1. The standard InChI is InChI=1S/C12H16ClN3O2.ClH/c13-5-6-14-7-9-15(10-8-14)11-1-3-12(4-2-11)16(17)18;/h1-4H,5-10H2;1H. The Labute approximate surface area is 123 Å². The molecule has 1 aromatic rings. The molecule has 0 radical (unpaired) electrons. The van der Waals surface area contributed by atoms with E-state index in [-0.39, 0.29) is 23.0 Å². The van der Waals surface area contributed by atoms with E-state index in [0.717, 1.165) is 38.4 Å². The van der Waals surface area contributed by atoms with Gasteiger partial charge in [0.1, 0.15) is 0 Å². The fourth-order valence-electron chi connectivity index (χ4n) is 2.13. The van der Waals surface area contributed by atoms with Crippen molar-refractivity contribution in [1.82, 2.24) is 4.90 Å². The summed E-state index contributed by atoms with van der Waals surface area (Å²) >= 11 is 5.72. The number of alkyl halides is 1. The minimum atomic E-state index is -0.373. The van der Waals surface area contributed by atoms with Crippen LogP contribution in [0.25, 0.3) is 0 Å². The summed E-state index contributed by atoms with van der Waals surface area (Å²) in [4.78, 5) is 14.8. The van der Waals surface area contributed by atoms with Crippen LogP contribution in [0.1, 0.15) is 0 Å². The van der Waals surface area contributed by atoms with Crippen LogP contribution in [0.4, 0.5) is 11.4 Å². The molecule has 0 aliphatic carbocycles. The molecule has 0 N–H and O–H groups in total. The van der Waals surface area contributed by atoms with Crippen LogP contribution in [0.2, 0.25) is 0 Å². The van der Waals surface area contributed by atoms with E-state index in [9.17, 15) is 10.1 Å². The number of non-ortho nitro benzene ring substituents is 1. The van der Waals surface area contributed by atoms with Crippen molar-refractivity contribution in [1.29, 1.82) is 0 Å². The third-order valence-corrected chi connectivity index (χ3v) is 3.37. The number of nitro benzene ring substituents is 1. The molecule has 106 valence electrons. The third kappa shape index (κ3) is 4.23. The van der Waals surface area contributed by atoms with Gasteiger partial charge in [-0.1, -0.05) is 0 Å². The molecule has 2 rings (SSSR count). The van der Waals surface area contributed by atoms with Crippen molar-refractivity contribution >= 4 is 35.4 Å². The molecule has 19 heavy (non-hydrogen) atoms. The normalized spacial score (nSPS) is 15.9. The minimum Gasteiger partial charge on any atom is -0.369 e. The largest absolute Gasteiger partial charge is 0.369 e. The van der Waals surface area contributed by atoms with Gasteiger partial charge in [0.2, 0.25) is 0 Å². The van der Waals surface area contributed by atoms with Crippen LogP contribution in [-0.4, -0.2) is 48.4 Å². The molecule has 0 unspecified atom stereocenters. The van der Waals surface area contributed by atoms with Gasteiger partial charge in [-0.2, -0.15) is 0 Å². The predicted octanol–water partition coefficient (Wildman–Crippen LogP) is 2.38. The van der Waals surface area contributed by atoms with Crippen LogP contribution < -0.4 is 4.90 Å². The molecule has 0 spiro atoms. The van der Waals surface area contributed by atoms with Gasteiger partial charge in [0.05, 0.1) is 4.92 Å². The molecule has 0 bridgehead atoms. The Hall–Kier alpha value is -1.04. The van der Waals surface area contributed by atoms with E-state index in [1.807, 2.05) is 12.1 Å². The summed E-state index contributed by atoms with van der Waals surface area (Å²) in [6, 6.07) is 6.74. The average Bonchev–Trinajstić information content (AvgIpc) is 2.40. The topological polar surface area (TPSA) is 49.6 Å². The van der Waals surface area contributed by atoms with Crippen LogP contribution in [-0.2, 0) is 0 Å². The lowest BCUT2D eigenvalue weighted by Gasteiger charge is -2.35. The number of halogens is 2. The molecule has 0 amide bonds. The van der Waals surface area contributed by atoms with E-state index in [1.165, 1.54) is 0 Å². The number of hydrogen-bond donors (Lipinski definition) is 0. The molecule has 0 atom stereocenters. The van der Waals surface area contributed by atoms with Crippen molar-refractivity contribution in [3.8, 4) is 0 Å². The number of nitro groups is 1. The van der Waals surface area contributed by atoms with Gasteiger partial charge in [-0.15, -0.1) is 24.0 Å². The van der Waals surface area contributed by atoms with Gasteiger partial charge >= 0.3 is 0 Å². The van der Waals surface area contributed by atoms with Crippen molar-refractivity contribution in [2.45, 2.75) is 0 Å². The monoisotopic (exact) mass is 305 g/mol. The van der Waals surface area contributed by atoms with Gasteiger partial charge in [-0.25, -0.2) is 0 Å². The van der Waals surface area contributed by atoms with Gasteiger partial charge in [0.15, 0.2) is 0 Å². The van der Waals surface area contributed by atoms with E-state index in [0.29, 0.717) is 5.88 Å². The minimum absolute atomic E-state index is 0. The van der Waals surface area contributed by atoms with Crippen molar-refractivity contribution in [3.63, 3.8) is 0 Å². The number of nitrogens with zero attached hydrogens (tertiary/aromatic N) is 3. The highest BCUT2D eigenvalue weighted by atomic mass is 35.5. The fraction of sp³-hybridized carbons (Fsp3) is 0.500. The van der Waals surface area contributed by atoms with Crippen molar-refractivity contribution in [2.75, 3.05) is 43.5 Å². The molecule has 1 heterocycles. The summed E-state index contributed by atoms with van der Waals surface area (Å²) in [6.07, 6.45) is 0. The van der Waals surface area contributed by atoms with E-state index in [2.05, 4.69) is 9.80 Å². The van der Waals surface area contributed by atoms with E-state index >= 15 is 0 Å². The maximum absolute atomic E-state index is 10.6. The van der Waals surface area contributed by atoms with Gasteiger partial charge in [-0.05, 0) is 12.1 Å². The molecule has 1 aliphatic rings. The van der Waals surface area contributed by atoms with Crippen molar-refractivity contribution in [3.05, 3.63) is 34.4 Å². The molecule has 0 aromatic heterocycles. The lowest BCUT2D eigenvalue weighted by atomic mass is 10.2. The van der Waals surface area contributed by atoms with Crippen LogP contribution in [0.5, 0.6) is 0 Å². The number of piperazine rings is 1. The highest BCUT2D eigenvalue weighted by molar-refractivity contribution is 6.18.